The molecule has 0 aliphatic heterocycles. The minimum atomic E-state index is -0.00364. The molecule has 0 aliphatic rings. The van der Waals surface area contributed by atoms with Crippen molar-refractivity contribution >= 4 is 27.5 Å². The largest absolute Gasteiger partial charge is 0.325 e. The van der Waals surface area contributed by atoms with E-state index in [0.717, 1.165) is 22.3 Å². The van der Waals surface area contributed by atoms with Gasteiger partial charge in [0.15, 0.2) is 0 Å². The Labute approximate surface area is 111 Å². The minimum absolute atomic E-state index is 0.00364. The van der Waals surface area contributed by atoms with Crippen LogP contribution in [-0.2, 0) is 4.79 Å². The molecule has 0 bridgehead atoms. The molecule has 1 amide bonds. The van der Waals surface area contributed by atoms with Crippen LogP contribution in [0.1, 0.15) is 19.4 Å². The quantitative estimate of drug-likeness (QED) is 0.877. The summed E-state index contributed by atoms with van der Waals surface area (Å²) in [5, 5.41) is 6.00. The molecule has 1 aromatic rings. The second-order valence-electron chi connectivity index (χ2n) is 4.53. The average molecular weight is 299 g/mol. The van der Waals surface area contributed by atoms with Gasteiger partial charge in [-0.2, -0.15) is 0 Å². The summed E-state index contributed by atoms with van der Waals surface area (Å²) >= 11 is 3.40. The van der Waals surface area contributed by atoms with Gasteiger partial charge in [-0.05, 0) is 43.1 Å². The molecule has 0 saturated heterocycles. The number of hydrogen-bond donors (Lipinski definition) is 2. The van der Waals surface area contributed by atoms with E-state index in [1.165, 1.54) is 0 Å². The topological polar surface area (TPSA) is 41.1 Å². The number of anilines is 1. The highest BCUT2D eigenvalue weighted by atomic mass is 79.9. The highest BCUT2D eigenvalue weighted by molar-refractivity contribution is 9.10. The van der Waals surface area contributed by atoms with Crippen LogP contribution in [0.15, 0.2) is 22.7 Å². The van der Waals surface area contributed by atoms with E-state index < -0.39 is 0 Å². The van der Waals surface area contributed by atoms with Crippen LogP contribution in [0, 0.1) is 12.8 Å². The van der Waals surface area contributed by atoms with Gasteiger partial charge in [-0.1, -0.05) is 29.8 Å². The fraction of sp³-hybridized carbons (Fsp3) is 0.462. The van der Waals surface area contributed by atoms with Crippen molar-refractivity contribution in [2.75, 3.05) is 18.4 Å². The van der Waals surface area contributed by atoms with Crippen LogP contribution in [0.4, 0.5) is 5.69 Å². The molecule has 0 heterocycles. The number of amides is 1. The van der Waals surface area contributed by atoms with Crippen molar-refractivity contribution in [3.8, 4) is 0 Å². The first-order valence-corrected chi connectivity index (χ1v) is 6.55. The third-order valence-electron chi connectivity index (χ3n) is 2.30. The van der Waals surface area contributed by atoms with Gasteiger partial charge in [0.25, 0.3) is 0 Å². The van der Waals surface area contributed by atoms with Crippen LogP contribution in [-0.4, -0.2) is 19.0 Å². The van der Waals surface area contributed by atoms with E-state index in [1.54, 1.807) is 0 Å². The maximum absolute atomic E-state index is 11.6. The van der Waals surface area contributed by atoms with Crippen molar-refractivity contribution in [2.24, 2.45) is 5.92 Å². The Morgan fingerprint density at radius 3 is 2.71 bits per heavy atom. The van der Waals surface area contributed by atoms with E-state index >= 15 is 0 Å². The van der Waals surface area contributed by atoms with Crippen molar-refractivity contribution in [3.63, 3.8) is 0 Å². The zero-order valence-electron chi connectivity index (χ0n) is 10.5. The van der Waals surface area contributed by atoms with E-state index in [4.69, 9.17) is 0 Å². The van der Waals surface area contributed by atoms with Gasteiger partial charge in [0.05, 0.1) is 6.54 Å². The van der Waals surface area contributed by atoms with Crippen molar-refractivity contribution in [1.82, 2.24) is 5.32 Å². The Morgan fingerprint density at radius 2 is 2.12 bits per heavy atom. The Kier molecular flexibility index (Phi) is 5.65. The molecule has 0 aromatic heterocycles. The molecule has 0 radical (unpaired) electrons. The standard InChI is InChI=1S/C13H19BrN2O/c1-9(2)7-15-8-13(17)16-12-5-4-11(14)6-10(12)3/h4-6,9,15H,7-8H2,1-3H3,(H,16,17). The number of benzene rings is 1. The molecule has 0 aliphatic carbocycles. The summed E-state index contributed by atoms with van der Waals surface area (Å²) in [5.74, 6) is 0.549. The van der Waals surface area contributed by atoms with Crippen LogP contribution < -0.4 is 10.6 Å². The lowest BCUT2D eigenvalue weighted by atomic mass is 10.2. The molecule has 3 nitrogen and oxygen atoms in total. The summed E-state index contributed by atoms with van der Waals surface area (Å²) in [4.78, 5) is 11.6. The molecule has 1 rings (SSSR count). The second-order valence-corrected chi connectivity index (χ2v) is 5.45. The maximum atomic E-state index is 11.6. The predicted molar refractivity (Wildman–Crippen MR) is 75.2 cm³/mol. The normalized spacial score (nSPS) is 10.6. The van der Waals surface area contributed by atoms with E-state index in [2.05, 4.69) is 40.4 Å². The predicted octanol–water partition coefficient (Wildman–Crippen LogP) is 2.94. The van der Waals surface area contributed by atoms with E-state index in [9.17, 15) is 4.79 Å². The molecule has 0 saturated carbocycles. The van der Waals surface area contributed by atoms with Crippen LogP contribution in [0.3, 0.4) is 0 Å². The fourth-order valence-electron chi connectivity index (χ4n) is 1.44. The van der Waals surface area contributed by atoms with Crippen molar-refractivity contribution in [3.05, 3.63) is 28.2 Å². The SMILES string of the molecule is Cc1cc(Br)ccc1NC(=O)CNCC(C)C. The number of rotatable bonds is 5. The lowest BCUT2D eigenvalue weighted by molar-refractivity contribution is -0.115. The average Bonchev–Trinajstić information content (AvgIpc) is 2.21. The second kappa shape index (κ2) is 6.77. The smallest absolute Gasteiger partial charge is 0.238 e. The Bertz CT molecular complexity index is 391. The number of nitrogens with one attached hydrogen (secondary N) is 2. The summed E-state index contributed by atoms with van der Waals surface area (Å²) in [6.07, 6.45) is 0. The third-order valence-corrected chi connectivity index (χ3v) is 2.79. The number of aryl methyl sites for hydroxylation is 1. The maximum Gasteiger partial charge on any atom is 0.238 e. The molecule has 17 heavy (non-hydrogen) atoms. The summed E-state index contributed by atoms with van der Waals surface area (Å²) in [7, 11) is 0. The van der Waals surface area contributed by atoms with Gasteiger partial charge >= 0.3 is 0 Å². The van der Waals surface area contributed by atoms with Gasteiger partial charge < -0.3 is 10.6 Å². The van der Waals surface area contributed by atoms with Crippen molar-refractivity contribution in [2.45, 2.75) is 20.8 Å². The Morgan fingerprint density at radius 1 is 1.41 bits per heavy atom. The van der Waals surface area contributed by atoms with Gasteiger partial charge in [-0.3, -0.25) is 4.79 Å². The molecular weight excluding hydrogens is 280 g/mol. The monoisotopic (exact) mass is 298 g/mol. The van der Waals surface area contributed by atoms with Gasteiger partial charge in [0.1, 0.15) is 0 Å². The minimum Gasteiger partial charge on any atom is -0.325 e. The third kappa shape index (κ3) is 5.33. The lowest BCUT2D eigenvalue weighted by Gasteiger charge is -2.10. The number of halogens is 1. The van der Waals surface area contributed by atoms with E-state index in [0.29, 0.717) is 12.5 Å². The molecule has 0 unspecified atom stereocenters. The molecule has 4 heteroatoms. The van der Waals surface area contributed by atoms with Gasteiger partial charge in [0, 0.05) is 10.2 Å². The fourth-order valence-corrected chi connectivity index (χ4v) is 1.91. The van der Waals surface area contributed by atoms with Crippen LogP contribution >= 0.6 is 15.9 Å². The molecular formula is C13H19BrN2O. The first-order chi connectivity index (χ1) is 7.99. The van der Waals surface area contributed by atoms with Gasteiger partial charge in [-0.25, -0.2) is 0 Å². The van der Waals surface area contributed by atoms with Crippen LogP contribution in [0.2, 0.25) is 0 Å². The molecule has 0 fully saturated rings. The molecule has 0 spiro atoms. The lowest BCUT2D eigenvalue weighted by Crippen LogP contribution is -2.30. The zero-order chi connectivity index (χ0) is 12.8. The Balaban J connectivity index is 2.45. The molecule has 94 valence electrons. The summed E-state index contributed by atoms with van der Waals surface area (Å²) in [5.41, 5.74) is 1.92. The molecule has 0 atom stereocenters. The van der Waals surface area contributed by atoms with Gasteiger partial charge in [0.2, 0.25) is 5.91 Å². The summed E-state index contributed by atoms with van der Waals surface area (Å²) < 4.78 is 1.02. The van der Waals surface area contributed by atoms with Crippen molar-refractivity contribution < 1.29 is 4.79 Å². The van der Waals surface area contributed by atoms with E-state index in [1.807, 2.05) is 25.1 Å². The highest BCUT2D eigenvalue weighted by Gasteiger charge is 2.04. The summed E-state index contributed by atoms with van der Waals surface area (Å²) in [6.45, 7) is 7.41. The molecule has 1 aromatic carbocycles. The van der Waals surface area contributed by atoms with Gasteiger partial charge in [-0.15, -0.1) is 0 Å². The first kappa shape index (κ1) is 14.2. The highest BCUT2D eigenvalue weighted by Crippen LogP contribution is 2.19. The number of carbonyl (C=O) groups is 1. The number of hydrogen-bond acceptors (Lipinski definition) is 2. The zero-order valence-corrected chi connectivity index (χ0v) is 12.1. The summed E-state index contributed by atoms with van der Waals surface area (Å²) in [6, 6.07) is 5.81. The van der Waals surface area contributed by atoms with Crippen LogP contribution in [0.5, 0.6) is 0 Å². The number of carbonyl (C=O) groups excluding carboxylic acids is 1. The Hall–Kier alpha value is -0.870. The van der Waals surface area contributed by atoms with Crippen molar-refractivity contribution in [1.29, 1.82) is 0 Å². The first-order valence-electron chi connectivity index (χ1n) is 5.75. The molecule has 2 N–H and O–H groups in total. The van der Waals surface area contributed by atoms with E-state index in [-0.39, 0.29) is 5.91 Å². The van der Waals surface area contributed by atoms with Crippen LogP contribution in [0.25, 0.3) is 0 Å².